The van der Waals surface area contributed by atoms with E-state index in [1.54, 1.807) is 6.20 Å². The molecule has 9 nitrogen and oxygen atoms in total. The fourth-order valence-electron chi connectivity index (χ4n) is 3.07. The minimum Gasteiger partial charge on any atom is -0.471 e. The molecule has 0 bridgehead atoms. The van der Waals surface area contributed by atoms with Gasteiger partial charge in [0.15, 0.2) is 12.4 Å². The molecule has 4 rings (SSSR count). The molecular weight excluding hydrogens is 439 g/mol. The van der Waals surface area contributed by atoms with E-state index >= 15 is 0 Å². The highest BCUT2D eigenvalue weighted by molar-refractivity contribution is 7.89. The molecule has 0 saturated carbocycles. The zero-order valence-corrected chi connectivity index (χ0v) is 17.8. The number of sulfonamides is 1. The van der Waals surface area contributed by atoms with E-state index < -0.39 is 15.9 Å². The van der Waals surface area contributed by atoms with Gasteiger partial charge in [-0.1, -0.05) is 0 Å². The summed E-state index contributed by atoms with van der Waals surface area (Å²) in [7, 11) is -3.60. The molecule has 2 aromatic carbocycles. The largest absolute Gasteiger partial charge is 0.471 e. The summed E-state index contributed by atoms with van der Waals surface area (Å²) in [4.78, 5) is 12.6. The van der Waals surface area contributed by atoms with Crippen LogP contribution < -0.4 is 10.1 Å². The fraction of sp³-hybridized carbons (Fsp3) is 0.238. The Morgan fingerprint density at radius 3 is 2.44 bits per heavy atom. The lowest BCUT2D eigenvalue weighted by molar-refractivity contribution is 0.0730. The minimum atomic E-state index is -3.60. The first-order chi connectivity index (χ1) is 15.4. The van der Waals surface area contributed by atoms with Crippen molar-refractivity contribution in [2.45, 2.75) is 11.6 Å². The second-order valence-electron chi connectivity index (χ2n) is 6.96. The van der Waals surface area contributed by atoms with E-state index in [0.29, 0.717) is 37.7 Å². The average Bonchev–Trinajstić information content (AvgIpc) is 3.29. The summed E-state index contributed by atoms with van der Waals surface area (Å²) < 4.78 is 51.8. The van der Waals surface area contributed by atoms with Crippen LogP contribution in [0, 0.1) is 5.82 Å². The predicted molar refractivity (Wildman–Crippen MR) is 113 cm³/mol. The van der Waals surface area contributed by atoms with E-state index in [2.05, 4.69) is 10.4 Å². The Kier molecular flexibility index (Phi) is 6.49. The number of hydrogen-bond donors (Lipinski definition) is 1. The molecule has 2 heterocycles. The van der Waals surface area contributed by atoms with Gasteiger partial charge in [0.05, 0.1) is 18.1 Å². The number of rotatable bonds is 7. The molecule has 1 aliphatic rings. The molecule has 11 heteroatoms. The molecule has 1 aliphatic heterocycles. The maximum Gasteiger partial charge on any atom is 0.276 e. The zero-order chi connectivity index (χ0) is 22.6. The molecule has 1 amide bonds. The zero-order valence-electron chi connectivity index (χ0n) is 17.0. The summed E-state index contributed by atoms with van der Waals surface area (Å²) in [5, 5.41) is 6.83. The van der Waals surface area contributed by atoms with E-state index in [-0.39, 0.29) is 23.1 Å². The van der Waals surface area contributed by atoms with Crippen molar-refractivity contribution in [2.24, 2.45) is 0 Å². The van der Waals surface area contributed by atoms with E-state index in [0.717, 1.165) is 0 Å². The van der Waals surface area contributed by atoms with Crippen LogP contribution in [0.1, 0.15) is 10.5 Å². The number of aromatic nitrogens is 2. The highest BCUT2D eigenvalue weighted by atomic mass is 32.2. The van der Waals surface area contributed by atoms with Gasteiger partial charge in [0.2, 0.25) is 10.0 Å². The third-order valence-corrected chi connectivity index (χ3v) is 6.68. The van der Waals surface area contributed by atoms with Gasteiger partial charge in [0, 0.05) is 25.0 Å². The molecule has 0 radical (unpaired) electrons. The average molecular weight is 460 g/mol. The third-order valence-electron chi connectivity index (χ3n) is 4.77. The van der Waals surface area contributed by atoms with Crippen molar-refractivity contribution >= 4 is 21.6 Å². The van der Waals surface area contributed by atoms with Crippen molar-refractivity contribution in [2.75, 3.05) is 31.6 Å². The lowest BCUT2D eigenvalue weighted by Crippen LogP contribution is -2.40. The van der Waals surface area contributed by atoms with Crippen LogP contribution >= 0.6 is 0 Å². The third kappa shape index (κ3) is 5.13. The van der Waals surface area contributed by atoms with Crippen LogP contribution in [-0.2, 0) is 21.5 Å². The monoisotopic (exact) mass is 460 g/mol. The van der Waals surface area contributed by atoms with Crippen LogP contribution in [-0.4, -0.2) is 54.7 Å². The van der Waals surface area contributed by atoms with Crippen LogP contribution in [0.4, 0.5) is 10.1 Å². The van der Waals surface area contributed by atoms with Crippen molar-refractivity contribution in [3.05, 3.63) is 72.3 Å². The number of amides is 1. The molecule has 1 aromatic heterocycles. The number of ether oxygens (including phenoxy) is 2. The summed E-state index contributed by atoms with van der Waals surface area (Å²) in [6.07, 6.45) is 1.58. The molecule has 0 unspecified atom stereocenters. The van der Waals surface area contributed by atoms with Crippen LogP contribution in [0.2, 0.25) is 0 Å². The molecule has 1 fully saturated rings. The summed E-state index contributed by atoms with van der Waals surface area (Å²) in [6.45, 7) is 1.42. The lowest BCUT2D eigenvalue weighted by Gasteiger charge is -2.26. The van der Waals surface area contributed by atoms with Gasteiger partial charge in [-0.15, -0.1) is 0 Å². The molecule has 3 aromatic rings. The summed E-state index contributed by atoms with van der Waals surface area (Å²) in [5.74, 6) is -0.337. The predicted octanol–water partition coefficient (Wildman–Crippen LogP) is 2.33. The van der Waals surface area contributed by atoms with Crippen molar-refractivity contribution in [3.8, 4) is 5.75 Å². The first-order valence-corrected chi connectivity index (χ1v) is 11.3. The first kappa shape index (κ1) is 21.9. The first-order valence-electron chi connectivity index (χ1n) is 9.83. The van der Waals surface area contributed by atoms with Crippen molar-refractivity contribution in [1.82, 2.24) is 14.1 Å². The Morgan fingerprint density at radius 1 is 1.06 bits per heavy atom. The number of benzene rings is 2. The number of carbonyl (C=O) groups is 1. The van der Waals surface area contributed by atoms with Gasteiger partial charge in [-0.05, 0) is 54.6 Å². The van der Waals surface area contributed by atoms with Gasteiger partial charge in [-0.3, -0.25) is 4.79 Å². The van der Waals surface area contributed by atoms with E-state index in [4.69, 9.17) is 9.47 Å². The smallest absolute Gasteiger partial charge is 0.276 e. The Bertz CT molecular complexity index is 1170. The van der Waals surface area contributed by atoms with Crippen LogP contribution in [0.25, 0.3) is 0 Å². The number of nitrogens with zero attached hydrogens (tertiary/aromatic N) is 3. The Morgan fingerprint density at radius 2 is 1.75 bits per heavy atom. The Hall–Kier alpha value is -3.28. The highest BCUT2D eigenvalue weighted by Crippen LogP contribution is 2.20. The quantitative estimate of drug-likeness (QED) is 0.581. The van der Waals surface area contributed by atoms with Gasteiger partial charge >= 0.3 is 0 Å². The molecule has 0 atom stereocenters. The SMILES string of the molecule is O=C(Nc1ccc(S(=O)(=O)N2CCOCC2)cc1)c1ccn(COc2ccc(F)cc2)n1. The van der Waals surface area contributed by atoms with Crippen LogP contribution in [0.5, 0.6) is 5.75 Å². The van der Waals surface area contributed by atoms with Crippen molar-refractivity contribution in [1.29, 1.82) is 0 Å². The standard InChI is InChI=1S/C21H21FN4O5S/c22-16-1-5-18(6-2-16)31-15-25-10-9-20(24-25)21(27)23-17-3-7-19(8-4-17)32(28,29)26-11-13-30-14-12-26/h1-10H,11-15H2,(H,23,27). The molecule has 0 aliphatic carbocycles. The second-order valence-corrected chi connectivity index (χ2v) is 8.90. The van der Waals surface area contributed by atoms with Crippen LogP contribution in [0.15, 0.2) is 65.7 Å². The molecule has 168 valence electrons. The van der Waals surface area contributed by atoms with Crippen molar-refractivity contribution in [3.63, 3.8) is 0 Å². The fourth-order valence-corrected chi connectivity index (χ4v) is 4.48. The summed E-state index contributed by atoms with van der Waals surface area (Å²) >= 11 is 0. The minimum absolute atomic E-state index is 0.0486. The number of carbonyl (C=O) groups excluding carboxylic acids is 1. The van der Waals surface area contributed by atoms with Crippen LogP contribution in [0.3, 0.4) is 0 Å². The molecule has 0 spiro atoms. The topological polar surface area (TPSA) is 103 Å². The molecule has 1 saturated heterocycles. The summed E-state index contributed by atoms with van der Waals surface area (Å²) in [5.41, 5.74) is 0.603. The van der Waals surface area contributed by atoms with E-state index in [1.807, 2.05) is 0 Å². The number of anilines is 1. The van der Waals surface area contributed by atoms with Gasteiger partial charge in [-0.25, -0.2) is 17.5 Å². The van der Waals surface area contributed by atoms with Gasteiger partial charge < -0.3 is 14.8 Å². The van der Waals surface area contributed by atoms with Gasteiger partial charge in [-0.2, -0.15) is 9.40 Å². The van der Waals surface area contributed by atoms with Gasteiger partial charge in [0.1, 0.15) is 11.6 Å². The number of halogens is 1. The summed E-state index contributed by atoms with van der Waals surface area (Å²) in [6, 6.07) is 13.1. The van der Waals surface area contributed by atoms with E-state index in [1.165, 1.54) is 63.6 Å². The maximum absolute atomic E-state index is 12.9. The maximum atomic E-state index is 12.9. The number of nitrogens with one attached hydrogen (secondary N) is 1. The van der Waals surface area contributed by atoms with Gasteiger partial charge in [0.25, 0.3) is 5.91 Å². The van der Waals surface area contributed by atoms with E-state index in [9.17, 15) is 17.6 Å². The molecular formula is C21H21FN4O5S. The van der Waals surface area contributed by atoms with Crippen molar-refractivity contribution < 1.29 is 27.1 Å². The number of morpholine rings is 1. The molecule has 32 heavy (non-hydrogen) atoms. The second kappa shape index (κ2) is 9.47. The Labute approximate surface area is 184 Å². The Balaban J connectivity index is 1.35. The highest BCUT2D eigenvalue weighted by Gasteiger charge is 2.26. The normalized spacial score (nSPS) is 14.8. The molecule has 1 N–H and O–H groups in total. The lowest BCUT2D eigenvalue weighted by atomic mass is 10.3. The number of hydrogen-bond acceptors (Lipinski definition) is 6.